The quantitative estimate of drug-likeness (QED) is 0.319. The standard InChI is InChI=1S/C22H24Cl2N4O3/c1-3-11-30-14-18(29)13-25-16-6-8-17(9-7-16)28-21(26-22(27-28)31-4-2)15-5-10-19(23)20(24)12-15/h3,5-10,12,18,25,29H,1,4,11,13-14H2,2H3. The number of rotatable bonds is 11. The molecule has 3 aromatic rings. The molecule has 164 valence electrons. The van der Waals surface area contributed by atoms with Crippen molar-refractivity contribution < 1.29 is 14.6 Å². The summed E-state index contributed by atoms with van der Waals surface area (Å²) in [5, 5.41) is 18.5. The molecule has 0 fully saturated rings. The van der Waals surface area contributed by atoms with E-state index in [2.05, 4.69) is 22.0 Å². The molecule has 7 nitrogen and oxygen atoms in total. The highest BCUT2D eigenvalue weighted by molar-refractivity contribution is 6.42. The second-order valence-electron chi connectivity index (χ2n) is 6.60. The SMILES string of the molecule is C=CCOCC(O)CNc1ccc(-n2nc(OCC)nc2-c2ccc(Cl)c(Cl)c2)cc1. The molecule has 0 radical (unpaired) electrons. The summed E-state index contributed by atoms with van der Waals surface area (Å²) in [5.41, 5.74) is 2.41. The lowest BCUT2D eigenvalue weighted by Gasteiger charge is -2.13. The highest BCUT2D eigenvalue weighted by Gasteiger charge is 2.16. The van der Waals surface area contributed by atoms with Crippen molar-refractivity contribution in [2.75, 3.05) is 31.7 Å². The second-order valence-corrected chi connectivity index (χ2v) is 7.41. The summed E-state index contributed by atoms with van der Waals surface area (Å²) < 4.78 is 12.4. The van der Waals surface area contributed by atoms with Crippen molar-refractivity contribution in [2.24, 2.45) is 0 Å². The second kappa shape index (κ2) is 11.2. The third kappa shape index (κ3) is 6.21. The Bertz CT molecular complexity index is 1010. The number of anilines is 1. The van der Waals surface area contributed by atoms with Crippen LogP contribution in [0.15, 0.2) is 55.1 Å². The number of hydrogen-bond donors (Lipinski definition) is 2. The number of benzene rings is 2. The fraction of sp³-hybridized carbons (Fsp3) is 0.273. The lowest BCUT2D eigenvalue weighted by molar-refractivity contribution is 0.0566. The summed E-state index contributed by atoms with van der Waals surface area (Å²) in [6, 6.07) is 13.1. The Morgan fingerprint density at radius 3 is 2.65 bits per heavy atom. The Kier molecular flexibility index (Phi) is 8.31. The van der Waals surface area contributed by atoms with E-state index >= 15 is 0 Å². The van der Waals surface area contributed by atoms with E-state index in [1.54, 1.807) is 22.9 Å². The average Bonchev–Trinajstić information content (AvgIpc) is 3.19. The van der Waals surface area contributed by atoms with Crippen LogP contribution in [-0.4, -0.2) is 52.3 Å². The molecular formula is C22H24Cl2N4O3. The summed E-state index contributed by atoms with van der Waals surface area (Å²) in [4.78, 5) is 4.49. The number of aromatic nitrogens is 3. The predicted molar refractivity (Wildman–Crippen MR) is 123 cm³/mol. The van der Waals surface area contributed by atoms with Gasteiger partial charge in [-0.15, -0.1) is 11.7 Å². The lowest BCUT2D eigenvalue weighted by atomic mass is 10.2. The lowest BCUT2D eigenvalue weighted by Crippen LogP contribution is -2.24. The van der Waals surface area contributed by atoms with Crippen LogP contribution >= 0.6 is 23.2 Å². The molecule has 0 saturated heterocycles. The molecule has 0 aliphatic carbocycles. The zero-order valence-corrected chi connectivity index (χ0v) is 18.6. The smallest absolute Gasteiger partial charge is 0.336 e. The molecule has 0 amide bonds. The van der Waals surface area contributed by atoms with Gasteiger partial charge in [0.15, 0.2) is 5.82 Å². The first-order valence-corrected chi connectivity index (χ1v) is 10.5. The maximum absolute atomic E-state index is 9.95. The van der Waals surface area contributed by atoms with Crippen molar-refractivity contribution in [1.82, 2.24) is 14.8 Å². The van der Waals surface area contributed by atoms with Gasteiger partial charge in [0.2, 0.25) is 0 Å². The van der Waals surface area contributed by atoms with Gasteiger partial charge in [-0.05, 0) is 49.4 Å². The Labute approximate surface area is 191 Å². The summed E-state index contributed by atoms with van der Waals surface area (Å²) in [6.07, 6.45) is 1.02. The average molecular weight is 463 g/mol. The van der Waals surface area contributed by atoms with Crippen molar-refractivity contribution in [1.29, 1.82) is 0 Å². The molecule has 0 saturated carbocycles. The normalized spacial score (nSPS) is 11.9. The minimum atomic E-state index is -0.620. The molecule has 2 N–H and O–H groups in total. The van der Waals surface area contributed by atoms with Gasteiger partial charge >= 0.3 is 6.01 Å². The van der Waals surface area contributed by atoms with Crippen LogP contribution in [0.3, 0.4) is 0 Å². The first-order chi connectivity index (χ1) is 15.0. The van der Waals surface area contributed by atoms with Gasteiger partial charge in [0.05, 0.1) is 41.7 Å². The Morgan fingerprint density at radius 1 is 1.19 bits per heavy atom. The number of hydrogen-bond acceptors (Lipinski definition) is 6. The van der Waals surface area contributed by atoms with Gasteiger partial charge in [0, 0.05) is 17.8 Å². The van der Waals surface area contributed by atoms with Gasteiger partial charge in [-0.1, -0.05) is 29.3 Å². The zero-order valence-electron chi connectivity index (χ0n) is 17.1. The molecule has 1 atom stereocenters. The molecule has 0 spiro atoms. The van der Waals surface area contributed by atoms with Crippen molar-refractivity contribution in [3.05, 3.63) is 65.2 Å². The molecule has 1 heterocycles. The molecule has 0 aliphatic rings. The number of nitrogens with zero attached hydrogens (tertiary/aromatic N) is 3. The molecule has 31 heavy (non-hydrogen) atoms. The minimum Gasteiger partial charge on any atom is -0.463 e. The third-order valence-electron chi connectivity index (χ3n) is 4.24. The van der Waals surface area contributed by atoms with Gasteiger partial charge in [0.1, 0.15) is 0 Å². The van der Waals surface area contributed by atoms with Crippen LogP contribution in [0.1, 0.15) is 6.92 Å². The van der Waals surface area contributed by atoms with Gasteiger partial charge in [-0.3, -0.25) is 0 Å². The van der Waals surface area contributed by atoms with Crippen molar-refractivity contribution in [3.8, 4) is 23.1 Å². The van der Waals surface area contributed by atoms with E-state index in [0.717, 1.165) is 16.9 Å². The fourth-order valence-electron chi connectivity index (χ4n) is 2.79. The largest absolute Gasteiger partial charge is 0.463 e. The molecule has 3 rings (SSSR count). The van der Waals surface area contributed by atoms with Crippen LogP contribution < -0.4 is 10.1 Å². The van der Waals surface area contributed by atoms with E-state index in [1.807, 2.05) is 37.3 Å². The number of aliphatic hydroxyl groups is 1. The first kappa shape index (κ1) is 23.1. The van der Waals surface area contributed by atoms with Crippen LogP contribution in [0.4, 0.5) is 5.69 Å². The number of ether oxygens (including phenoxy) is 2. The molecule has 0 aliphatic heterocycles. The van der Waals surface area contributed by atoms with E-state index in [-0.39, 0.29) is 12.6 Å². The van der Waals surface area contributed by atoms with Gasteiger partial charge < -0.3 is 19.9 Å². The monoisotopic (exact) mass is 462 g/mol. The van der Waals surface area contributed by atoms with Gasteiger partial charge in [-0.2, -0.15) is 4.98 Å². The number of halogens is 2. The van der Waals surface area contributed by atoms with Crippen molar-refractivity contribution in [3.63, 3.8) is 0 Å². The molecule has 0 bridgehead atoms. The van der Waals surface area contributed by atoms with E-state index in [9.17, 15) is 5.11 Å². The van der Waals surface area contributed by atoms with E-state index in [0.29, 0.717) is 35.6 Å². The third-order valence-corrected chi connectivity index (χ3v) is 4.98. The molecule has 1 unspecified atom stereocenters. The Morgan fingerprint density at radius 2 is 1.97 bits per heavy atom. The zero-order chi connectivity index (χ0) is 22.2. The first-order valence-electron chi connectivity index (χ1n) is 9.78. The van der Waals surface area contributed by atoms with Crippen LogP contribution in [-0.2, 0) is 4.74 Å². The maximum atomic E-state index is 9.95. The van der Waals surface area contributed by atoms with E-state index in [1.165, 1.54) is 0 Å². The summed E-state index contributed by atoms with van der Waals surface area (Å²) in [7, 11) is 0. The van der Waals surface area contributed by atoms with Gasteiger partial charge in [0.25, 0.3) is 0 Å². The summed E-state index contributed by atoms with van der Waals surface area (Å²) in [6.45, 7) is 6.91. The van der Waals surface area contributed by atoms with Gasteiger partial charge in [-0.25, -0.2) is 4.68 Å². The molecule has 1 aromatic heterocycles. The van der Waals surface area contributed by atoms with Crippen LogP contribution in [0, 0.1) is 0 Å². The molecule has 2 aromatic carbocycles. The van der Waals surface area contributed by atoms with E-state index < -0.39 is 6.10 Å². The summed E-state index contributed by atoms with van der Waals surface area (Å²) in [5.74, 6) is 0.581. The summed E-state index contributed by atoms with van der Waals surface area (Å²) >= 11 is 12.2. The Hall–Kier alpha value is -2.58. The van der Waals surface area contributed by atoms with Crippen molar-refractivity contribution in [2.45, 2.75) is 13.0 Å². The number of aliphatic hydroxyl groups excluding tert-OH is 1. The highest BCUT2D eigenvalue weighted by Crippen LogP contribution is 2.30. The fourth-order valence-corrected chi connectivity index (χ4v) is 3.09. The van der Waals surface area contributed by atoms with Crippen LogP contribution in [0.5, 0.6) is 6.01 Å². The highest BCUT2D eigenvalue weighted by atomic mass is 35.5. The van der Waals surface area contributed by atoms with Crippen molar-refractivity contribution >= 4 is 28.9 Å². The number of nitrogens with one attached hydrogen (secondary N) is 1. The topological polar surface area (TPSA) is 81.4 Å². The minimum absolute atomic E-state index is 0.239. The molecule has 9 heteroatoms. The van der Waals surface area contributed by atoms with E-state index in [4.69, 9.17) is 32.7 Å². The predicted octanol–water partition coefficient (Wildman–Crippen LogP) is 4.62. The maximum Gasteiger partial charge on any atom is 0.336 e. The van der Waals surface area contributed by atoms with Crippen LogP contribution in [0.2, 0.25) is 10.0 Å². The van der Waals surface area contributed by atoms with Crippen LogP contribution in [0.25, 0.3) is 17.1 Å². The molecular weight excluding hydrogens is 439 g/mol. The Balaban J connectivity index is 1.78.